The molecule has 1 aromatic rings. The van der Waals surface area contributed by atoms with Crippen LogP contribution in [0.1, 0.15) is 59.9 Å². The van der Waals surface area contributed by atoms with Crippen LogP contribution in [0.4, 0.5) is 10.5 Å². The van der Waals surface area contributed by atoms with Crippen molar-refractivity contribution in [1.82, 2.24) is 15.5 Å². The SMILES string of the molecule is CC(C)C(NC(=O)CCSSC(C)(C)CC=O)C(=O)NCC(=O)Nc1ccc(COC(=O)N(C)C(C=O)C(C)C)cc1. The van der Waals surface area contributed by atoms with Gasteiger partial charge in [-0.2, -0.15) is 0 Å². The summed E-state index contributed by atoms with van der Waals surface area (Å²) in [6.45, 7) is 10.9. The van der Waals surface area contributed by atoms with Crippen molar-refractivity contribution in [2.75, 3.05) is 24.7 Å². The third kappa shape index (κ3) is 13.7. The number of ether oxygens (including phenoxy) is 1. The zero-order valence-electron chi connectivity index (χ0n) is 25.4. The van der Waals surface area contributed by atoms with Gasteiger partial charge in [0.1, 0.15) is 25.2 Å². The smallest absolute Gasteiger partial charge is 0.410 e. The number of nitrogens with one attached hydrogen (secondary N) is 3. The topological polar surface area (TPSA) is 151 Å². The third-order valence-electron chi connectivity index (χ3n) is 6.12. The molecule has 42 heavy (non-hydrogen) atoms. The van der Waals surface area contributed by atoms with Crippen molar-refractivity contribution < 1.29 is 33.5 Å². The Morgan fingerprint density at radius 2 is 1.64 bits per heavy atom. The van der Waals surface area contributed by atoms with Crippen molar-refractivity contribution in [3.8, 4) is 0 Å². The van der Waals surface area contributed by atoms with E-state index in [2.05, 4.69) is 16.0 Å². The number of rotatable bonds is 18. The summed E-state index contributed by atoms with van der Waals surface area (Å²) in [4.78, 5) is 73.0. The molecule has 0 aromatic heterocycles. The van der Waals surface area contributed by atoms with Gasteiger partial charge in [0, 0.05) is 36.1 Å². The van der Waals surface area contributed by atoms with Crippen LogP contribution in [0.3, 0.4) is 0 Å². The van der Waals surface area contributed by atoms with E-state index in [1.807, 2.05) is 27.7 Å². The van der Waals surface area contributed by atoms with E-state index in [4.69, 9.17) is 4.74 Å². The molecule has 13 heteroatoms. The molecule has 2 atom stereocenters. The van der Waals surface area contributed by atoms with E-state index in [0.717, 1.165) is 6.29 Å². The summed E-state index contributed by atoms with van der Waals surface area (Å²) < 4.78 is 5.06. The Hall–Kier alpha value is -3.06. The van der Waals surface area contributed by atoms with E-state index in [1.165, 1.54) is 22.7 Å². The fourth-order valence-electron chi connectivity index (χ4n) is 3.58. The molecule has 0 radical (unpaired) electrons. The maximum absolute atomic E-state index is 12.7. The van der Waals surface area contributed by atoms with E-state index in [9.17, 15) is 28.8 Å². The van der Waals surface area contributed by atoms with Crippen LogP contribution in [-0.2, 0) is 35.3 Å². The van der Waals surface area contributed by atoms with Gasteiger partial charge in [-0.15, -0.1) is 0 Å². The number of carbonyl (C=O) groups is 6. The molecule has 0 heterocycles. The van der Waals surface area contributed by atoms with Crippen LogP contribution in [0, 0.1) is 11.8 Å². The molecule has 11 nitrogen and oxygen atoms in total. The molecule has 0 fully saturated rings. The first-order valence-electron chi connectivity index (χ1n) is 13.8. The summed E-state index contributed by atoms with van der Waals surface area (Å²) in [7, 11) is 4.56. The Kier molecular flexibility index (Phi) is 16.3. The standard InChI is InChI=1S/C29H44N4O7S2/c1-19(2)23(17-35)33(7)28(39)40-18-21-8-10-22(11-9-21)31-25(37)16-30-27(38)26(20(3)4)32-24(36)12-15-41-42-29(5,6)13-14-34/h8-11,14,17,19-20,23,26H,12-13,15-16,18H2,1-7H3,(H,30,38)(H,31,37)(H,32,36). The quantitative estimate of drug-likeness (QED) is 0.126. The minimum atomic E-state index is -0.794. The molecule has 1 aromatic carbocycles. The highest BCUT2D eigenvalue weighted by molar-refractivity contribution is 8.77. The number of hydrogen-bond acceptors (Lipinski definition) is 9. The maximum atomic E-state index is 12.7. The summed E-state index contributed by atoms with van der Waals surface area (Å²) in [6, 6.07) is 5.28. The predicted molar refractivity (Wildman–Crippen MR) is 167 cm³/mol. The lowest BCUT2D eigenvalue weighted by atomic mass is 10.0. The van der Waals surface area contributed by atoms with Crippen LogP contribution in [0.15, 0.2) is 24.3 Å². The molecule has 0 bridgehead atoms. The van der Waals surface area contributed by atoms with Gasteiger partial charge in [0.05, 0.1) is 12.6 Å². The minimum Gasteiger partial charge on any atom is -0.445 e. The number of nitrogens with zero attached hydrogens (tertiary/aromatic N) is 1. The molecule has 4 amide bonds. The summed E-state index contributed by atoms with van der Waals surface area (Å²) in [6.07, 6.45) is 1.62. The summed E-state index contributed by atoms with van der Waals surface area (Å²) in [5.41, 5.74) is 1.18. The predicted octanol–water partition coefficient (Wildman–Crippen LogP) is 3.81. The van der Waals surface area contributed by atoms with Gasteiger partial charge in [0.25, 0.3) is 0 Å². The zero-order chi connectivity index (χ0) is 31.9. The van der Waals surface area contributed by atoms with Crippen molar-refractivity contribution in [1.29, 1.82) is 0 Å². The number of aldehydes is 2. The molecule has 0 aliphatic rings. The normalized spacial score (nSPS) is 12.7. The number of anilines is 1. The number of likely N-dealkylation sites (N-methyl/N-ethyl adjacent to an activating group) is 1. The first kappa shape index (κ1) is 37.0. The largest absolute Gasteiger partial charge is 0.445 e. The van der Waals surface area contributed by atoms with Gasteiger partial charge >= 0.3 is 6.09 Å². The third-order valence-corrected chi connectivity index (χ3v) is 9.43. The molecule has 0 aliphatic carbocycles. The molecule has 234 valence electrons. The number of amides is 4. The van der Waals surface area contributed by atoms with Crippen molar-refractivity contribution in [2.24, 2.45) is 11.8 Å². The molecule has 1 rings (SSSR count). The highest BCUT2D eigenvalue weighted by Crippen LogP contribution is 2.37. The van der Waals surface area contributed by atoms with Crippen molar-refractivity contribution >= 4 is 63.7 Å². The fraction of sp³-hybridized carbons (Fsp3) is 0.586. The molecular weight excluding hydrogens is 580 g/mol. The van der Waals surface area contributed by atoms with Crippen LogP contribution in [0.25, 0.3) is 0 Å². The zero-order valence-corrected chi connectivity index (χ0v) is 27.1. The van der Waals surface area contributed by atoms with Gasteiger partial charge < -0.3 is 35.2 Å². The first-order valence-corrected chi connectivity index (χ1v) is 16.1. The summed E-state index contributed by atoms with van der Waals surface area (Å²) >= 11 is 0. The van der Waals surface area contributed by atoms with Crippen molar-refractivity contribution in [3.63, 3.8) is 0 Å². The van der Waals surface area contributed by atoms with E-state index in [0.29, 0.717) is 29.7 Å². The molecule has 0 saturated heterocycles. The van der Waals surface area contributed by atoms with Gasteiger partial charge in [0.2, 0.25) is 17.7 Å². The first-order chi connectivity index (χ1) is 19.7. The van der Waals surface area contributed by atoms with Crippen LogP contribution in [0.2, 0.25) is 0 Å². The Morgan fingerprint density at radius 3 is 2.19 bits per heavy atom. The molecule has 0 saturated carbocycles. The van der Waals surface area contributed by atoms with Crippen LogP contribution >= 0.6 is 21.6 Å². The van der Waals surface area contributed by atoms with E-state index < -0.39 is 30.0 Å². The average Bonchev–Trinajstić information content (AvgIpc) is 2.92. The highest BCUT2D eigenvalue weighted by Gasteiger charge is 2.25. The Labute approximate surface area is 256 Å². The van der Waals surface area contributed by atoms with E-state index in [-0.39, 0.29) is 42.1 Å². The fourth-order valence-corrected chi connectivity index (χ4v) is 6.05. The average molecular weight is 625 g/mol. The van der Waals surface area contributed by atoms with Gasteiger partial charge in [-0.05, 0) is 43.4 Å². The van der Waals surface area contributed by atoms with Gasteiger partial charge in [-0.3, -0.25) is 14.4 Å². The van der Waals surface area contributed by atoms with Gasteiger partial charge in [-0.1, -0.05) is 61.4 Å². The van der Waals surface area contributed by atoms with Crippen LogP contribution in [0.5, 0.6) is 0 Å². The molecule has 0 aliphatic heterocycles. The number of hydrogen-bond donors (Lipinski definition) is 3. The van der Waals surface area contributed by atoms with E-state index in [1.54, 1.807) is 48.9 Å². The second kappa shape index (κ2) is 18.5. The second-order valence-corrected chi connectivity index (χ2v) is 14.2. The number of benzene rings is 1. The van der Waals surface area contributed by atoms with Gasteiger partial charge in [-0.25, -0.2) is 4.79 Å². The Bertz CT molecular complexity index is 1060. The second-order valence-electron chi connectivity index (χ2n) is 11.1. The molecule has 0 spiro atoms. The van der Waals surface area contributed by atoms with Crippen molar-refractivity contribution in [2.45, 2.75) is 77.8 Å². The maximum Gasteiger partial charge on any atom is 0.410 e. The Balaban J connectivity index is 2.50. The highest BCUT2D eigenvalue weighted by atomic mass is 33.1. The lowest BCUT2D eigenvalue weighted by Crippen LogP contribution is -2.51. The van der Waals surface area contributed by atoms with E-state index >= 15 is 0 Å². The minimum absolute atomic E-state index is 0.00484. The molecule has 2 unspecified atom stereocenters. The van der Waals surface area contributed by atoms with Crippen molar-refractivity contribution in [3.05, 3.63) is 29.8 Å². The summed E-state index contributed by atoms with van der Waals surface area (Å²) in [5, 5.41) is 8.00. The van der Waals surface area contributed by atoms with Crippen LogP contribution in [-0.4, -0.2) is 77.5 Å². The van der Waals surface area contributed by atoms with Gasteiger partial charge in [0.15, 0.2) is 0 Å². The van der Waals surface area contributed by atoms with Crippen LogP contribution < -0.4 is 16.0 Å². The lowest BCUT2D eigenvalue weighted by molar-refractivity contribution is -0.130. The monoisotopic (exact) mass is 624 g/mol. The Morgan fingerprint density at radius 1 is 1.00 bits per heavy atom. The lowest BCUT2D eigenvalue weighted by Gasteiger charge is -2.25. The molecular formula is C29H44N4O7S2. The number of carbonyl (C=O) groups excluding carboxylic acids is 6. The summed E-state index contributed by atoms with van der Waals surface area (Å²) in [5.74, 6) is -0.880. The molecule has 3 N–H and O–H groups in total.